The molecule has 8 heteroatoms. The van der Waals surface area contributed by atoms with Crippen LogP contribution < -0.4 is 11.2 Å². The molecule has 2 heterocycles. The number of aliphatic hydroxyl groups is 2. The molecule has 15 heavy (non-hydrogen) atoms. The lowest BCUT2D eigenvalue weighted by Crippen LogP contribution is -2.39. The fraction of sp³-hybridized carbons (Fsp3) is 0.571. The zero-order valence-electron chi connectivity index (χ0n) is 7.53. The van der Waals surface area contributed by atoms with Crippen molar-refractivity contribution in [3.63, 3.8) is 0 Å². The van der Waals surface area contributed by atoms with Crippen LogP contribution in [0.2, 0.25) is 0 Å². The van der Waals surface area contributed by atoms with Crippen LogP contribution >= 0.6 is 0 Å². The standard InChI is InChI=1S/C7H9N3O5/c11-3-2-15-6(5(3)13)10-7(14)9-4(12)1-8-10/h1,3,5-6,11,13H,2H2,(H,9,12,14)/t3-,5+,6+/m0/s1. The van der Waals surface area contributed by atoms with Crippen molar-refractivity contribution in [2.75, 3.05) is 6.61 Å². The summed E-state index contributed by atoms with van der Waals surface area (Å²) in [5, 5.41) is 22.1. The smallest absolute Gasteiger partial charge is 0.347 e. The summed E-state index contributed by atoms with van der Waals surface area (Å²) >= 11 is 0. The zero-order valence-corrected chi connectivity index (χ0v) is 7.53. The van der Waals surface area contributed by atoms with E-state index in [1.54, 1.807) is 0 Å². The third-order valence-electron chi connectivity index (χ3n) is 2.10. The maximum absolute atomic E-state index is 11.3. The van der Waals surface area contributed by atoms with Gasteiger partial charge in [0.2, 0.25) is 0 Å². The maximum Gasteiger partial charge on any atom is 0.347 e. The van der Waals surface area contributed by atoms with Crippen LogP contribution in [0.1, 0.15) is 6.23 Å². The molecule has 1 aromatic heterocycles. The Morgan fingerprint density at radius 1 is 1.53 bits per heavy atom. The van der Waals surface area contributed by atoms with Gasteiger partial charge in [0.25, 0.3) is 5.56 Å². The summed E-state index contributed by atoms with van der Waals surface area (Å²) in [6, 6.07) is 0. The third-order valence-corrected chi connectivity index (χ3v) is 2.10. The molecule has 0 amide bonds. The summed E-state index contributed by atoms with van der Waals surface area (Å²) in [4.78, 5) is 23.9. The first-order valence-electron chi connectivity index (χ1n) is 4.25. The highest BCUT2D eigenvalue weighted by Crippen LogP contribution is 2.21. The fourth-order valence-corrected chi connectivity index (χ4v) is 1.34. The van der Waals surface area contributed by atoms with E-state index in [0.29, 0.717) is 0 Å². The Bertz CT molecular complexity index is 466. The summed E-state index contributed by atoms with van der Waals surface area (Å²) < 4.78 is 5.74. The van der Waals surface area contributed by atoms with Gasteiger partial charge in [-0.15, -0.1) is 0 Å². The molecule has 2 rings (SSSR count). The summed E-state index contributed by atoms with van der Waals surface area (Å²) in [6.45, 7) is -0.0842. The van der Waals surface area contributed by atoms with Gasteiger partial charge in [0.15, 0.2) is 6.23 Å². The largest absolute Gasteiger partial charge is 0.388 e. The SMILES string of the molecule is O=c1cnn([C@@H]2OC[C@H](O)[C@H]2O)c(=O)[nH]1. The van der Waals surface area contributed by atoms with Crippen LogP contribution in [0.25, 0.3) is 0 Å². The molecule has 1 fully saturated rings. The minimum atomic E-state index is -1.24. The van der Waals surface area contributed by atoms with Crippen LogP contribution in [0, 0.1) is 0 Å². The van der Waals surface area contributed by atoms with Gasteiger partial charge in [-0.2, -0.15) is 9.78 Å². The first-order chi connectivity index (χ1) is 7.09. The summed E-state index contributed by atoms with van der Waals surface area (Å²) in [7, 11) is 0. The summed E-state index contributed by atoms with van der Waals surface area (Å²) in [5.74, 6) is 0. The van der Waals surface area contributed by atoms with E-state index in [9.17, 15) is 19.8 Å². The quantitative estimate of drug-likeness (QED) is 0.465. The van der Waals surface area contributed by atoms with Crippen molar-refractivity contribution in [1.82, 2.24) is 14.8 Å². The number of hydrogen-bond donors (Lipinski definition) is 3. The van der Waals surface area contributed by atoms with Crippen molar-refractivity contribution < 1.29 is 14.9 Å². The van der Waals surface area contributed by atoms with Crippen LogP contribution in [-0.2, 0) is 4.74 Å². The maximum atomic E-state index is 11.3. The van der Waals surface area contributed by atoms with Gasteiger partial charge in [-0.25, -0.2) is 4.79 Å². The van der Waals surface area contributed by atoms with Crippen molar-refractivity contribution >= 4 is 0 Å². The van der Waals surface area contributed by atoms with Gasteiger partial charge in [-0.3, -0.25) is 9.78 Å². The van der Waals surface area contributed by atoms with E-state index in [-0.39, 0.29) is 6.61 Å². The van der Waals surface area contributed by atoms with E-state index in [1.807, 2.05) is 4.98 Å². The van der Waals surface area contributed by atoms with Crippen molar-refractivity contribution in [3.05, 3.63) is 27.0 Å². The van der Waals surface area contributed by atoms with Crippen LogP contribution in [0.15, 0.2) is 15.8 Å². The third kappa shape index (κ3) is 1.69. The van der Waals surface area contributed by atoms with E-state index in [1.165, 1.54) is 0 Å². The number of aromatic nitrogens is 3. The van der Waals surface area contributed by atoms with E-state index in [4.69, 9.17) is 4.74 Å². The highest BCUT2D eigenvalue weighted by molar-refractivity contribution is 4.82. The number of hydrogen-bond acceptors (Lipinski definition) is 6. The number of aliphatic hydroxyl groups excluding tert-OH is 2. The zero-order chi connectivity index (χ0) is 11.0. The number of aromatic amines is 1. The Hall–Kier alpha value is -1.51. The lowest BCUT2D eigenvalue weighted by molar-refractivity contribution is -0.0297. The number of rotatable bonds is 1. The molecule has 1 aromatic rings. The van der Waals surface area contributed by atoms with E-state index in [2.05, 4.69) is 5.10 Å². The highest BCUT2D eigenvalue weighted by Gasteiger charge is 2.37. The minimum absolute atomic E-state index is 0.0842. The lowest BCUT2D eigenvalue weighted by Gasteiger charge is -2.14. The molecule has 1 aliphatic rings. The summed E-state index contributed by atoms with van der Waals surface area (Å²) in [6.07, 6.45) is -2.47. The number of nitrogens with zero attached hydrogens (tertiary/aromatic N) is 2. The predicted octanol–water partition coefficient (Wildman–Crippen LogP) is -2.82. The fourth-order valence-electron chi connectivity index (χ4n) is 1.34. The van der Waals surface area contributed by atoms with Gasteiger partial charge in [0.05, 0.1) is 6.61 Å². The molecule has 1 aliphatic heterocycles. The first kappa shape index (κ1) is 10.0. The molecule has 0 unspecified atom stereocenters. The molecule has 8 nitrogen and oxygen atoms in total. The molecular formula is C7H9N3O5. The second kappa shape index (κ2) is 3.57. The lowest BCUT2D eigenvalue weighted by atomic mass is 10.2. The molecule has 0 bridgehead atoms. The van der Waals surface area contributed by atoms with Gasteiger partial charge in [-0.1, -0.05) is 0 Å². The molecule has 0 saturated carbocycles. The monoisotopic (exact) mass is 215 g/mol. The Balaban J connectivity index is 2.39. The molecular weight excluding hydrogens is 206 g/mol. The average Bonchev–Trinajstić information content (AvgIpc) is 2.49. The topological polar surface area (TPSA) is 117 Å². The van der Waals surface area contributed by atoms with Gasteiger partial charge < -0.3 is 14.9 Å². The van der Waals surface area contributed by atoms with Crippen LogP contribution in [-0.4, -0.2) is 43.8 Å². The van der Waals surface area contributed by atoms with Crippen LogP contribution in [0.3, 0.4) is 0 Å². The van der Waals surface area contributed by atoms with Crippen LogP contribution in [0.5, 0.6) is 0 Å². The normalized spacial score (nSPS) is 30.7. The van der Waals surface area contributed by atoms with Crippen molar-refractivity contribution in [3.8, 4) is 0 Å². The van der Waals surface area contributed by atoms with Gasteiger partial charge in [0.1, 0.15) is 18.4 Å². The van der Waals surface area contributed by atoms with E-state index >= 15 is 0 Å². The summed E-state index contributed by atoms with van der Waals surface area (Å²) in [5.41, 5.74) is -1.43. The number of ether oxygens (including phenoxy) is 1. The second-order valence-corrected chi connectivity index (χ2v) is 3.17. The molecule has 0 spiro atoms. The predicted molar refractivity (Wildman–Crippen MR) is 46.1 cm³/mol. The van der Waals surface area contributed by atoms with Gasteiger partial charge in [-0.05, 0) is 0 Å². The van der Waals surface area contributed by atoms with E-state index in [0.717, 1.165) is 10.9 Å². The minimum Gasteiger partial charge on any atom is -0.388 e. The number of nitrogens with one attached hydrogen (secondary N) is 1. The Labute approximate surface area is 82.7 Å². The molecule has 0 aromatic carbocycles. The molecule has 82 valence electrons. The molecule has 3 atom stereocenters. The molecule has 1 saturated heterocycles. The average molecular weight is 215 g/mol. The molecule has 0 radical (unpaired) electrons. The molecule has 3 N–H and O–H groups in total. The van der Waals surface area contributed by atoms with Crippen LogP contribution in [0.4, 0.5) is 0 Å². The van der Waals surface area contributed by atoms with Crippen molar-refractivity contribution in [2.45, 2.75) is 18.4 Å². The Morgan fingerprint density at radius 3 is 2.80 bits per heavy atom. The van der Waals surface area contributed by atoms with Crippen molar-refractivity contribution in [2.24, 2.45) is 0 Å². The number of H-pyrrole nitrogens is 1. The Kier molecular flexibility index (Phi) is 2.39. The Morgan fingerprint density at radius 2 is 2.27 bits per heavy atom. The van der Waals surface area contributed by atoms with Crippen molar-refractivity contribution in [1.29, 1.82) is 0 Å². The first-order valence-corrected chi connectivity index (χ1v) is 4.25. The second-order valence-electron chi connectivity index (χ2n) is 3.17. The van der Waals surface area contributed by atoms with E-state index < -0.39 is 29.7 Å². The van der Waals surface area contributed by atoms with Gasteiger partial charge in [0, 0.05) is 0 Å². The van der Waals surface area contributed by atoms with Gasteiger partial charge >= 0.3 is 5.69 Å². The molecule has 0 aliphatic carbocycles. The highest BCUT2D eigenvalue weighted by atomic mass is 16.5.